The van der Waals surface area contributed by atoms with E-state index >= 15 is 0 Å². The molecular weight excluding hydrogens is 333 g/mol. The summed E-state index contributed by atoms with van der Waals surface area (Å²) in [5, 5.41) is 6.36. The molecule has 1 aliphatic heterocycles. The predicted octanol–water partition coefficient (Wildman–Crippen LogP) is 3.40. The average Bonchev–Trinajstić information content (AvgIpc) is 2.90. The van der Waals surface area contributed by atoms with Crippen LogP contribution in [0.5, 0.6) is 0 Å². The predicted molar refractivity (Wildman–Crippen MR) is 89.6 cm³/mol. The molecular formula is C17H27F3N4O. The van der Waals surface area contributed by atoms with E-state index in [-0.39, 0.29) is 11.6 Å². The Hall–Kier alpha value is -1.57. The molecule has 0 bridgehead atoms. The van der Waals surface area contributed by atoms with Gasteiger partial charge in [0, 0.05) is 31.4 Å². The number of carbonyl (C=O) groups excluding carboxylic acids is 1. The van der Waals surface area contributed by atoms with Gasteiger partial charge in [0.1, 0.15) is 0 Å². The van der Waals surface area contributed by atoms with Crippen molar-refractivity contribution in [3.05, 3.63) is 17.0 Å². The molecule has 0 unspecified atom stereocenters. The third-order valence-corrected chi connectivity index (χ3v) is 4.76. The van der Waals surface area contributed by atoms with E-state index in [0.717, 1.165) is 25.9 Å². The first kappa shape index (κ1) is 19.8. The third-order valence-electron chi connectivity index (χ3n) is 4.76. The first-order valence-electron chi connectivity index (χ1n) is 8.85. The normalized spacial score (nSPS) is 17.3. The Morgan fingerprint density at radius 2 is 1.92 bits per heavy atom. The van der Waals surface area contributed by atoms with Crippen LogP contribution in [-0.4, -0.2) is 46.3 Å². The molecule has 0 radical (unpaired) electrons. The summed E-state index contributed by atoms with van der Waals surface area (Å²) in [6, 6.07) is 0.310. The van der Waals surface area contributed by atoms with E-state index in [9.17, 15) is 18.0 Å². The van der Waals surface area contributed by atoms with Crippen molar-refractivity contribution in [1.29, 1.82) is 0 Å². The molecule has 0 atom stereocenters. The summed E-state index contributed by atoms with van der Waals surface area (Å²) in [5.74, 6) is -0.697. The van der Waals surface area contributed by atoms with Gasteiger partial charge in [-0.2, -0.15) is 18.3 Å². The molecule has 25 heavy (non-hydrogen) atoms. The number of piperidine rings is 1. The third kappa shape index (κ3) is 4.34. The van der Waals surface area contributed by atoms with Crippen molar-refractivity contribution in [2.45, 2.75) is 65.2 Å². The second-order valence-corrected chi connectivity index (χ2v) is 6.87. The van der Waals surface area contributed by atoms with Crippen molar-refractivity contribution >= 4 is 5.91 Å². The first-order valence-corrected chi connectivity index (χ1v) is 8.85. The number of hydrogen-bond donors (Lipinski definition) is 1. The number of alkyl halides is 3. The zero-order chi connectivity index (χ0) is 18.8. The smallest absolute Gasteiger partial charge is 0.352 e. The minimum absolute atomic E-state index is 0.108. The highest BCUT2D eigenvalue weighted by Gasteiger charge is 2.41. The van der Waals surface area contributed by atoms with Crippen LogP contribution in [0.3, 0.4) is 0 Å². The molecule has 1 fully saturated rings. The van der Waals surface area contributed by atoms with Crippen LogP contribution < -0.4 is 5.32 Å². The second-order valence-electron chi connectivity index (χ2n) is 6.87. The van der Waals surface area contributed by atoms with Crippen LogP contribution in [0.25, 0.3) is 0 Å². The zero-order valence-electron chi connectivity index (χ0n) is 15.3. The molecule has 1 aliphatic rings. The molecule has 0 spiro atoms. The minimum atomic E-state index is -4.65. The van der Waals surface area contributed by atoms with E-state index < -0.39 is 17.8 Å². The summed E-state index contributed by atoms with van der Waals surface area (Å²) in [6.07, 6.45) is -2.52. The summed E-state index contributed by atoms with van der Waals surface area (Å²) in [7, 11) is 0. The number of aromatic nitrogens is 2. The number of likely N-dealkylation sites (tertiary alicyclic amines) is 1. The Morgan fingerprint density at radius 3 is 2.40 bits per heavy atom. The summed E-state index contributed by atoms with van der Waals surface area (Å²) in [6.45, 7) is 9.60. The SMILES string of the molecule is CCCNC(=O)c1c(C(F)(F)F)nn(C2CCN(C(C)C)CC2)c1C. The van der Waals surface area contributed by atoms with Crippen molar-refractivity contribution in [2.75, 3.05) is 19.6 Å². The van der Waals surface area contributed by atoms with E-state index in [1.807, 2.05) is 6.92 Å². The van der Waals surface area contributed by atoms with Gasteiger partial charge in [0.2, 0.25) is 0 Å². The molecule has 0 saturated carbocycles. The van der Waals surface area contributed by atoms with Crippen molar-refractivity contribution in [3.63, 3.8) is 0 Å². The van der Waals surface area contributed by atoms with Crippen LogP contribution in [0.1, 0.15) is 67.8 Å². The number of nitrogens with zero attached hydrogens (tertiary/aromatic N) is 3. The summed E-state index contributed by atoms with van der Waals surface area (Å²) in [4.78, 5) is 14.6. The first-order chi connectivity index (χ1) is 11.7. The zero-order valence-corrected chi connectivity index (χ0v) is 15.3. The Bertz CT molecular complexity index is 602. The lowest BCUT2D eigenvalue weighted by Gasteiger charge is -2.35. The second kappa shape index (κ2) is 7.76. The maximum Gasteiger partial charge on any atom is 0.435 e. The fourth-order valence-corrected chi connectivity index (χ4v) is 3.32. The molecule has 8 heteroatoms. The standard InChI is InChI=1S/C17H27F3N4O/c1-5-8-21-16(25)14-12(4)24(22-15(14)17(18,19)20)13-6-9-23(10-7-13)11(2)3/h11,13H,5-10H2,1-4H3,(H,21,25). The van der Waals surface area contributed by atoms with Crippen LogP contribution in [0.4, 0.5) is 13.2 Å². The molecule has 1 amide bonds. The van der Waals surface area contributed by atoms with Crippen LogP contribution in [0, 0.1) is 6.92 Å². The lowest BCUT2D eigenvalue weighted by Crippen LogP contribution is -2.39. The Morgan fingerprint density at radius 1 is 1.32 bits per heavy atom. The van der Waals surface area contributed by atoms with Crippen molar-refractivity contribution in [2.24, 2.45) is 0 Å². The summed E-state index contributed by atoms with van der Waals surface area (Å²) < 4.78 is 41.6. The van der Waals surface area contributed by atoms with E-state index in [2.05, 4.69) is 29.2 Å². The van der Waals surface area contributed by atoms with Crippen LogP contribution in [-0.2, 0) is 6.18 Å². The van der Waals surface area contributed by atoms with Crippen molar-refractivity contribution in [1.82, 2.24) is 20.0 Å². The van der Waals surface area contributed by atoms with Crippen molar-refractivity contribution < 1.29 is 18.0 Å². The van der Waals surface area contributed by atoms with E-state index in [1.165, 1.54) is 4.68 Å². The van der Waals surface area contributed by atoms with Gasteiger partial charge in [-0.05, 0) is 40.0 Å². The Labute approximate surface area is 146 Å². The lowest BCUT2D eigenvalue weighted by molar-refractivity contribution is -0.142. The van der Waals surface area contributed by atoms with E-state index in [0.29, 0.717) is 24.7 Å². The molecule has 142 valence electrons. The summed E-state index contributed by atoms with van der Waals surface area (Å²) in [5.41, 5.74) is -1.12. The number of rotatable bonds is 5. The van der Waals surface area contributed by atoms with Gasteiger partial charge in [-0.15, -0.1) is 0 Å². The van der Waals surface area contributed by atoms with Crippen LogP contribution in [0.15, 0.2) is 0 Å². The topological polar surface area (TPSA) is 50.2 Å². The molecule has 0 aliphatic carbocycles. The molecule has 2 heterocycles. The highest BCUT2D eigenvalue weighted by atomic mass is 19.4. The van der Waals surface area contributed by atoms with Gasteiger partial charge >= 0.3 is 6.18 Å². The van der Waals surface area contributed by atoms with Gasteiger partial charge in [-0.3, -0.25) is 9.48 Å². The highest BCUT2D eigenvalue weighted by molar-refractivity contribution is 5.96. The number of carbonyl (C=O) groups is 1. The monoisotopic (exact) mass is 360 g/mol. The molecule has 5 nitrogen and oxygen atoms in total. The van der Waals surface area contributed by atoms with E-state index in [4.69, 9.17) is 0 Å². The van der Waals surface area contributed by atoms with Gasteiger partial charge in [0.25, 0.3) is 5.91 Å². The maximum atomic E-state index is 13.4. The summed E-state index contributed by atoms with van der Waals surface area (Å²) >= 11 is 0. The van der Waals surface area contributed by atoms with Gasteiger partial charge in [0.05, 0.1) is 11.6 Å². The number of halogens is 3. The Balaban J connectivity index is 2.31. The minimum Gasteiger partial charge on any atom is -0.352 e. The van der Waals surface area contributed by atoms with Gasteiger partial charge in [0.15, 0.2) is 5.69 Å². The number of hydrogen-bond acceptors (Lipinski definition) is 3. The maximum absolute atomic E-state index is 13.4. The Kier molecular flexibility index (Phi) is 6.13. The lowest BCUT2D eigenvalue weighted by atomic mass is 10.0. The quantitative estimate of drug-likeness (QED) is 0.876. The largest absolute Gasteiger partial charge is 0.435 e. The molecule has 1 aromatic rings. The van der Waals surface area contributed by atoms with Gasteiger partial charge in [-0.25, -0.2) is 0 Å². The number of amides is 1. The van der Waals surface area contributed by atoms with Crippen LogP contribution >= 0.6 is 0 Å². The molecule has 1 N–H and O–H groups in total. The van der Waals surface area contributed by atoms with Gasteiger partial charge < -0.3 is 10.2 Å². The highest BCUT2D eigenvalue weighted by Crippen LogP contribution is 2.35. The number of nitrogens with one attached hydrogen (secondary N) is 1. The van der Waals surface area contributed by atoms with Crippen LogP contribution in [0.2, 0.25) is 0 Å². The fraction of sp³-hybridized carbons (Fsp3) is 0.765. The average molecular weight is 360 g/mol. The molecule has 1 aromatic heterocycles. The van der Waals surface area contributed by atoms with Gasteiger partial charge in [-0.1, -0.05) is 6.92 Å². The molecule has 2 rings (SSSR count). The van der Waals surface area contributed by atoms with E-state index in [1.54, 1.807) is 6.92 Å². The molecule has 0 aromatic carbocycles. The fourth-order valence-electron chi connectivity index (χ4n) is 3.32. The van der Waals surface area contributed by atoms with Crippen molar-refractivity contribution in [3.8, 4) is 0 Å². The molecule has 1 saturated heterocycles.